The highest BCUT2D eigenvalue weighted by molar-refractivity contribution is 6.04. The molecule has 1 heterocycles. The van der Waals surface area contributed by atoms with Crippen LogP contribution in [0.15, 0.2) is 24.4 Å². The second-order valence-corrected chi connectivity index (χ2v) is 4.88. The predicted octanol–water partition coefficient (Wildman–Crippen LogP) is 0.487. The summed E-state index contributed by atoms with van der Waals surface area (Å²) in [5, 5.41) is 5.38. The molecule has 0 aliphatic rings. The number of hydrogen-bond donors (Lipinski definition) is 2. The first-order chi connectivity index (χ1) is 9.48. The number of pyridine rings is 1. The van der Waals surface area contributed by atoms with Crippen LogP contribution in [0.2, 0.25) is 0 Å². The lowest BCUT2D eigenvalue weighted by Gasteiger charge is -2.22. The average Bonchev–Trinajstić information content (AvgIpc) is 2.45. The third-order valence-electron chi connectivity index (χ3n) is 2.88. The first kappa shape index (κ1) is 16.1. The Balaban J connectivity index is 2.49. The standard InChI is InChI=1S/C14H21N3O3/c1-14(2,12(18)16-8-9-20-3)13(19)17-10-11-6-4-5-7-15-11/h4-7H,8-10H2,1-3H3,(H,16,18)(H,17,19). The summed E-state index contributed by atoms with van der Waals surface area (Å²) in [5.41, 5.74) is -0.390. The van der Waals surface area contributed by atoms with Gasteiger partial charge in [-0.2, -0.15) is 0 Å². The SMILES string of the molecule is COCCNC(=O)C(C)(C)C(=O)NCc1ccccn1. The molecule has 0 saturated heterocycles. The number of carbonyl (C=O) groups excluding carboxylic acids is 2. The van der Waals surface area contributed by atoms with Crippen LogP contribution >= 0.6 is 0 Å². The average molecular weight is 279 g/mol. The van der Waals surface area contributed by atoms with E-state index in [1.165, 1.54) is 0 Å². The topological polar surface area (TPSA) is 80.3 Å². The molecule has 6 heteroatoms. The van der Waals surface area contributed by atoms with Gasteiger partial charge in [0.25, 0.3) is 0 Å². The van der Waals surface area contributed by atoms with E-state index in [0.717, 1.165) is 5.69 Å². The van der Waals surface area contributed by atoms with Crippen LogP contribution in [0.1, 0.15) is 19.5 Å². The molecule has 0 fully saturated rings. The predicted molar refractivity (Wildman–Crippen MR) is 74.8 cm³/mol. The molecule has 0 unspecified atom stereocenters. The summed E-state index contributed by atoms with van der Waals surface area (Å²) in [5.74, 6) is -0.661. The number of amides is 2. The van der Waals surface area contributed by atoms with Crippen molar-refractivity contribution in [2.24, 2.45) is 5.41 Å². The van der Waals surface area contributed by atoms with E-state index in [2.05, 4.69) is 15.6 Å². The Kier molecular flexibility index (Phi) is 6.11. The van der Waals surface area contributed by atoms with Crippen LogP contribution < -0.4 is 10.6 Å². The number of rotatable bonds is 7. The fourth-order valence-electron chi connectivity index (χ4n) is 1.49. The maximum Gasteiger partial charge on any atom is 0.235 e. The Bertz CT molecular complexity index is 446. The number of hydrogen-bond acceptors (Lipinski definition) is 4. The highest BCUT2D eigenvalue weighted by Crippen LogP contribution is 2.15. The summed E-state index contributed by atoms with van der Waals surface area (Å²) in [4.78, 5) is 28.1. The fourth-order valence-corrected chi connectivity index (χ4v) is 1.49. The van der Waals surface area contributed by atoms with Gasteiger partial charge in [0.05, 0.1) is 18.8 Å². The van der Waals surface area contributed by atoms with Crippen molar-refractivity contribution < 1.29 is 14.3 Å². The first-order valence-electron chi connectivity index (χ1n) is 6.44. The van der Waals surface area contributed by atoms with Crippen molar-refractivity contribution in [2.75, 3.05) is 20.3 Å². The lowest BCUT2D eigenvalue weighted by Crippen LogP contribution is -2.48. The van der Waals surface area contributed by atoms with E-state index in [9.17, 15) is 9.59 Å². The van der Waals surface area contributed by atoms with Crippen molar-refractivity contribution in [1.29, 1.82) is 0 Å². The molecule has 0 saturated carbocycles. The molecule has 110 valence electrons. The van der Waals surface area contributed by atoms with Crippen LogP contribution in [0.4, 0.5) is 0 Å². The van der Waals surface area contributed by atoms with Gasteiger partial charge >= 0.3 is 0 Å². The van der Waals surface area contributed by atoms with E-state index < -0.39 is 5.41 Å². The summed E-state index contributed by atoms with van der Waals surface area (Å²) in [6, 6.07) is 5.46. The highest BCUT2D eigenvalue weighted by Gasteiger charge is 2.35. The van der Waals surface area contributed by atoms with Gasteiger partial charge in [0.2, 0.25) is 11.8 Å². The molecule has 1 aromatic heterocycles. The molecule has 20 heavy (non-hydrogen) atoms. The van der Waals surface area contributed by atoms with E-state index in [4.69, 9.17) is 4.74 Å². The number of nitrogens with zero attached hydrogens (tertiary/aromatic N) is 1. The molecular formula is C14H21N3O3. The van der Waals surface area contributed by atoms with Gasteiger partial charge in [-0.15, -0.1) is 0 Å². The molecule has 0 aliphatic heterocycles. The molecule has 0 aromatic carbocycles. The van der Waals surface area contributed by atoms with Crippen LogP contribution in [0, 0.1) is 5.41 Å². The van der Waals surface area contributed by atoms with Gasteiger partial charge in [0.1, 0.15) is 5.41 Å². The molecule has 0 bridgehead atoms. The smallest absolute Gasteiger partial charge is 0.235 e. The summed E-state index contributed by atoms with van der Waals surface area (Å²) in [7, 11) is 1.55. The van der Waals surface area contributed by atoms with Crippen LogP contribution in [-0.2, 0) is 20.9 Å². The summed E-state index contributed by atoms with van der Waals surface area (Å²) < 4.78 is 4.85. The van der Waals surface area contributed by atoms with Crippen molar-refractivity contribution in [3.8, 4) is 0 Å². The number of nitrogens with one attached hydrogen (secondary N) is 2. The Morgan fingerprint density at radius 3 is 2.55 bits per heavy atom. The molecule has 1 rings (SSSR count). The maximum absolute atomic E-state index is 12.1. The van der Waals surface area contributed by atoms with Crippen LogP contribution in [0.3, 0.4) is 0 Å². The quantitative estimate of drug-likeness (QED) is 0.562. The second-order valence-electron chi connectivity index (χ2n) is 4.88. The molecular weight excluding hydrogens is 258 g/mol. The van der Waals surface area contributed by atoms with E-state index in [0.29, 0.717) is 19.7 Å². The first-order valence-corrected chi connectivity index (χ1v) is 6.44. The Labute approximate surface area is 118 Å². The largest absolute Gasteiger partial charge is 0.383 e. The highest BCUT2D eigenvalue weighted by atomic mass is 16.5. The minimum Gasteiger partial charge on any atom is -0.383 e. The lowest BCUT2D eigenvalue weighted by atomic mass is 9.91. The summed E-state index contributed by atoms with van der Waals surface area (Å²) in [6.07, 6.45) is 1.66. The van der Waals surface area contributed by atoms with Gasteiger partial charge in [-0.25, -0.2) is 0 Å². The van der Waals surface area contributed by atoms with Gasteiger partial charge in [-0.1, -0.05) is 6.07 Å². The van der Waals surface area contributed by atoms with Gasteiger partial charge in [0, 0.05) is 19.9 Å². The zero-order valence-corrected chi connectivity index (χ0v) is 12.1. The van der Waals surface area contributed by atoms with E-state index in [1.807, 2.05) is 12.1 Å². The van der Waals surface area contributed by atoms with Gasteiger partial charge in [0.15, 0.2) is 0 Å². The third-order valence-corrected chi connectivity index (χ3v) is 2.88. The lowest BCUT2D eigenvalue weighted by molar-refractivity contribution is -0.141. The molecule has 2 amide bonds. The second kappa shape index (κ2) is 7.59. The van der Waals surface area contributed by atoms with E-state index in [-0.39, 0.29) is 11.8 Å². The minimum atomic E-state index is -1.14. The molecule has 0 atom stereocenters. The van der Waals surface area contributed by atoms with Crippen molar-refractivity contribution in [2.45, 2.75) is 20.4 Å². The van der Waals surface area contributed by atoms with E-state index >= 15 is 0 Å². The van der Waals surface area contributed by atoms with Gasteiger partial charge in [-0.05, 0) is 26.0 Å². The number of carbonyl (C=O) groups is 2. The number of ether oxygens (including phenoxy) is 1. The monoisotopic (exact) mass is 279 g/mol. The third kappa shape index (κ3) is 4.62. The summed E-state index contributed by atoms with van der Waals surface area (Å²) in [6.45, 7) is 4.27. The van der Waals surface area contributed by atoms with Gasteiger partial charge < -0.3 is 15.4 Å². The van der Waals surface area contributed by atoms with Gasteiger partial charge in [-0.3, -0.25) is 14.6 Å². The van der Waals surface area contributed by atoms with Crippen molar-refractivity contribution >= 4 is 11.8 Å². The maximum atomic E-state index is 12.1. The van der Waals surface area contributed by atoms with Crippen LogP contribution in [0.5, 0.6) is 0 Å². The van der Waals surface area contributed by atoms with Crippen LogP contribution in [-0.4, -0.2) is 37.1 Å². The van der Waals surface area contributed by atoms with Crippen LogP contribution in [0.25, 0.3) is 0 Å². The minimum absolute atomic E-state index is 0.300. The number of aromatic nitrogens is 1. The molecule has 2 N–H and O–H groups in total. The number of methoxy groups -OCH3 is 1. The molecule has 0 spiro atoms. The molecule has 0 radical (unpaired) electrons. The van der Waals surface area contributed by atoms with Crippen molar-refractivity contribution in [3.05, 3.63) is 30.1 Å². The molecule has 1 aromatic rings. The summed E-state index contributed by atoms with van der Waals surface area (Å²) >= 11 is 0. The Morgan fingerprint density at radius 1 is 1.25 bits per heavy atom. The molecule has 6 nitrogen and oxygen atoms in total. The van der Waals surface area contributed by atoms with Crippen molar-refractivity contribution in [1.82, 2.24) is 15.6 Å². The zero-order chi connectivity index (χ0) is 15.0. The molecule has 0 aliphatic carbocycles. The van der Waals surface area contributed by atoms with E-state index in [1.54, 1.807) is 33.2 Å². The zero-order valence-electron chi connectivity index (χ0n) is 12.1. The normalized spacial score (nSPS) is 10.9. The Morgan fingerprint density at radius 2 is 1.95 bits per heavy atom. The van der Waals surface area contributed by atoms with Crippen molar-refractivity contribution in [3.63, 3.8) is 0 Å². The fraction of sp³-hybridized carbons (Fsp3) is 0.500. The Hall–Kier alpha value is -1.95.